The number of aliphatic hydroxyl groups excluding tert-OH is 1. The van der Waals surface area contributed by atoms with E-state index in [9.17, 15) is 9.90 Å². The number of carbonyl (C=O) groups is 1. The molecule has 2 rings (SSSR count). The van der Waals surface area contributed by atoms with Crippen LogP contribution in [-0.4, -0.2) is 58.4 Å². The minimum Gasteiger partial charge on any atom is -0.390 e. The molecule has 6 nitrogen and oxygen atoms in total. The molecule has 0 bridgehead atoms. The highest BCUT2D eigenvalue weighted by Crippen LogP contribution is 2.15. The second-order valence-corrected chi connectivity index (χ2v) is 4.91. The summed E-state index contributed by atoms with van der Waals surface area (Å²) in [4.78, 5) is 14.1. The van der Waals surface area contributed by atoms with E-state index >= 15 is 0 Å². The maximum atomic E-state index is 12.5. The van der Waals surface area contributed by atoms with Gasteiger partial charge in [-0.1, -0.05) is 6.92 Å². The third-order valence-electron chi connectivity index (χ3n) is 3.53. The Morgan fingerprint density at radius 3 is 2.84 bits per heavy atom. The zero-order chi connectivity index (χ0) is 14.0. The number of rotatable bonds is 3. The lowest BCUT2D eigenvalue weighted by atomic mass is 10.1. The van der Waals surface area contributed by atoms with E-state index in [2.05, 4.69) is 15.5 Å². The highest BCUT2D eigenvalue weighted by atomic mass is 16.3. The van der Waals surface area contributed by atoms with Crippen molar-refractivity contribution in [2.75, 3.05) is 20.1 Å². The number of nitrogens with one attached hydrogen (secondary N) is 1. The van der Waals surface area contributed by atoms with Gasteiger partial charge in [-0.25, -0.2) is 0 Å². The number of β-amino-alcohol motifs (C(OH)–C–C–N with tert-alkyl or cyclic N) is 1. The van der Waals surface area contributed by atoms with E-state index in [1.807, 2.05) is 13.8 Å². The molecule has 1 saturated heterocycles. The maximum Gasteiger partial charge on any atom is 0.255 e. The maximum absolute atomic E-state index is 12.5. The minimum atomic E-state index is -0.519. The van der Waals surface area contributed by atoms with Crippen LogP contribution in [0, 0.1) is 6.92 Å². The first-order chi connectivity index (χ1) is 9.04. The standard InChI is InChI=1S/C13H20N4O2/c1-4-10-9(5-8(2)15-16-10)13(19)17(3)11-6-14-7-12(11)18/h5,11-12,14,18H,4,6-7H2,1-3H3/t11-,12-/m0/s1. The Morgan fingerprint density at radius 2 is 2.26 bits per heavy atom. The van der Waals surface area contributed by atoms with E-state index in [0.717, 1.165) is 5.69 Å². The van der Waals surface area contributed by atoms with Crippen LogP contribution < -0.4 is 5.32 Å². The number of aliphatic hydroxyl groups is 1. The zero-order valence-electron chi connectivity index (χ0n) is 11.6. The van der Waals surface area contributed by atoms with E-state index in [1.165, 1.54) is 0 Å². The van der Waals surface area contributed by atoms with Crippen LogP contribution >= 0.6 is 0 Å². The van der Waals surface area contributed by atoms with Gasteiger partial charge >= 0.3 is 0 Å². The van der Waals surface area contributed by atoms with Crippen LogP contribution in [0.3, 0.4) is 0 Å². The third-order valence-corrected chi connectivity index (χ3v) is 3.53. The molecule has 1 aromatic heterocycles. The van der Waals surface area contributed by atoms with Crippen molar-refractivity contribution in [3.63, 3.8) is 0 Å². The van der Waals surface area contributed by atoms with Gasteiger partial charge in [0, 0.05) is 20.1 Å². The Morgan fingerprint density at radius 1 is 1.53 bits per heavy atom. The fourth-order valence-electron chi connectivity index (χ4n) is 2.35. The highest BCUT2D eigenvalue weighted by Gasteiger charge is 2.32. The van der Waals surface area contributed by atoms with Crippen molar-refractivity contribution in [1.82, 2.24) is 20.4 Å². The van der Waals surface area contributed by atoms with Crippen LogP contribution in [0.25, 0.3) is 0 Å². The molecule has 2 N–H and O–H groups in total. The number of aryl methyl sites for hydroxylation is 2. The Labute approximate surface area is 112 Å². The molecule has 0 aromatic carbocycles. The molecule has 1 fully saturated rings. The summed E-state index contributed by atoms with van der Waals surface area (Å²) in [6, 6.07) is 1.57. The quantitative estimate of drug-likeness (QED) is 0.787. The summed E-state index contributed by atoms with van der Waals surface area (Å²) in [6.07, 6.45) is 0.142. The van der Waals surface area contributed by atoms with Gasteiger partial charge in [0.25, 0.3) is 5.91 Å². The summed E-state index contributed by atoms with van der Waals surface area (Å²) < 4.78 is 0. The molecule has 1 aliphatic rings. The van der Waals surface area contributed by atoms with Crippen LogP contribution in [0.4, 0.5) is 0 Å². The molecule has 2 atom stereocenters. The van der Waals surface area contributed by atoms with Crippen LogP contribution in [0.15, 0.2) is 6.07 Å². The van der Waals surface area contributed by atoms with Gasteiger partial charge in [-0.2, -0.15) is 10.2 Å². The van der Waals surface area contributed by atoms with Crippen molar-refractivity contribution in [1.29, 1.82) is 0 Å². The average molecular weight is 264 g/mol. The third kappa shape index (κ3) is 2.74. The monoisotopic (exact) mass is 264 g/mol. The molecule has 0 radical (unpaired) electrons. The first-order valence-corrected chi connectivity index (χ1v) is 6.53. The van der Waals surface area contributed by atoms with Crippen molar-refractivity contribution in [2.45, 2.75) is 32.4 Å². The summed E-state index contributed by atoms with van der Waals surface area (Å²) in [5.74, 6) is -0.109. The Bertz CT molecular complexity index is 478. The minimum absolute atomic E-state index is 0.109. The predicted molar refractivity (Wildman–Crippen MR) is 70.9 cm³/mol. The SMILES string of the molecule is CCc1nnc(C)cc1C(=O)N(C)[C@H]1CNC[C@@H]1O. The van der Waals surface area contributed by atoms with Gasteiger partial charge in [0.1, 0.15) is 0 Å². The number of nitrogens with zero attached hydrogens (tertiary/aromatic N) is 3. The largest absolute Gasteiger partial charge is 0.390 e. The zero-order valence-corrected chi connectivity index (χ0v) is 11.6. The summed E-state index contributed by atoms with van der Waals surface area (Å²) in [5.41, 5.74) is 2.00. The lowest BCUT2D eigenvalue weighted by Crippen LogP contribution is -2.44. The van der Waals surface area contributed by atoms with Crippen molar-refractivity contribution in [3.05, 3.63) is 23.0 Å². The lowest BCUT2D eigenvalue weighted by Gasteiger charge is -2.27. The van der Waals surface area contributed by atoms with Crippen molar-refractivity contribution >= 4 is 5.91 Å². The molecule has 104 valence electrons. The van der Waals surface area contributed by atoms with Gasteiger partial charge in [-0.3, -0.25) is 4.79 Å². The molecular formula is C13H20N4O2. The summed E-state index contributed by atoms with van der Waals surface area (Å²) in [6.45, 7) is 4.90. The van der Waals surface area contributed by atoms with E-state index < -0.39 is 6.10 Å². The highest BCUT2D eigenvalue weighted by molar-refractivity contribution is 5.95. The van der Waals surface area contributed by atoms with Gasteiger partial charge in [-0.15, -0.1) is 0 Å². The molecule has 19 heavy (non-hydrogen) atoms. The van der Waals surface area contributed by atoms with Crippen LogP contribution in [-0.2, 0) is 6.42 Å². The first-order valence-electron chi connectivity index (χ1n) is 6.53. The topological polar surface area (TPSA) is 78.4 Å². The number of amides is 1. The van der Waals surface area contributed by atoms with Gasteiger partial charge in [-0.05, 0) is 19.4 Å². The second kappa shape index (κ2) is 5.63. The van der Waals surface area contributed by atoms with E-state index in [1.54, 1.807) is 18.0 Å². The van der Waals surface area contributed by atoms with E-state index in [0.29, 0.717) is 30.8 Å². The van der Waals surface area contributed by atoms with Crippen molar-refractivity contribution < 1.29 is 9.90 Å². The lowest BCUT2D eigenvalue weighted by molar-refractivity contribution is 0.0579. The number of hydrogen-bond donors (Lipinski definition) is 2. The van der Waals surface area contributed by atoms with Gasteiger partial charge in [0.15, 0.2) is 0 Å². The molecule has 0 unspecified atom stereocenters. The van der Waals surface area contributed by atoms with Gasteiger partial charge in [0.05, 0.1) is 29.1 Å². The molecule has 1 aromatic rings. The summed E-state index contributed by atoms with van der Waals surface area (Å²) in [7, 11) is 1.72. The fourth-order valence-corrected chi connectivity index (χ4v) is 2.35. The average Bonchev–Trinajstić information content (AvgIpc) is 2.83. The first kappa shape index (κ1) is 13.9. The molecule has 0 saturated carbocycles. The molecule has 2 heterocycles. The Hall–Kier alpha value is -1.53. The Kier molecular flexibility index (Phi) is 4.11. The summed E-state index contributed by atoms with van der Waals surface area (Å²) in [5, 5.41) is 21.0. The van der Waals surface area contributed by atoms with E-state index in [-0.39, 0.29) is 11.9 Å². The van der Waals surface area contributed by atoms with Crippen LogP contribution in [0.2, 0.25) is 0 Å². The molecule has 1 aliphatic heterocycles. The normalized spacial score (nSPS) is 22.5. The number of carbonyl (C=O) groups excluding carboxylic acids is 1. The molecule has 0 spiro atoms. The smallest absolute Gasteiger partial charge is 0.255 e. The number of hydrogen-bond acceptors (Lipinski definition) is 5. The van der Waals surface area contributed by atoms with Crippen LogP contribution in [0.1, 0.15) is 28.7 Å². The molecule has 0 aliphatic carbocycles. The number of aromatic nitrogens is 2. The molecule has 1 amide bonds. The number of likely N-dealkylation sites (N-methyl/N-ethyl adjacent to an activating group) is 1. The van der Waals surface area contributed by atoms with Gasteiger partial charge in [0.2, 0.25) is 0 Å². The van der Waals surface area contributed by atoms with Gasteiger partial charge < -0.3 is 15.3 Å². The predicted octanol–water partition coefficient (Wildman–Crippen LogP) is -0.248. The van der Waals surface area contributed by atoms with E-state index in [4.69, 9.17) is 0 Å². The fraction of sp³-hybridized carbons (Fsp3) is 0.615. The molecular weight excluding hydrogens is 244 g/mol. The Balaban J connectivity index is 2.25. The molecule has 6 heteroatoms. The second-order valence-electron chi connectivity index (χ2n) is 4.91. The van der Waals surface area contributed by atoms with Crippen molar-refractivity contribution in [3.8, 4) is 0 Å². The van der Waals surface area contributed by atoms with Crippen molar-refractivity contribution in [2.24, 2.45) is 0 Å². The summed E-state index contributed by atoms with van der Waals surface area (Å²) >= 11 is 0. The van der Waals surface area contributed by atoms with Crippen LogP contribution in [0.5, 0.6) is 0 Å².